The highest BCUT2D eigenvalue weighted by Crippen LogP contribution is 2.35. The Morgan fingerprint density at radius 2 is 1.94 bits per heavy atom. The van der Waals surface area contributed by atoms with Crippen LogP contribution in [0.4, 0.5) is 11.5 Å². The third kappa shape index (κ3) is 3.87. The van der Waals surface area contributed by atoms with Crippen molar-refractivity contribution in [2.24, 2.45) is 4.99 Å². The lowest BCUT2D eigenvalue weighted by Gasteiger charge is -2.04. The molecule has 0 spiro atoms. The van der Waals surface area contributed by atoms with Crippen molar-refractivity contribution < 1.29 is 13.8 Å². The summed E-state index contributed by atoms with van der Waals surface area (Å²) in [5, 5.41) is 11.6. The van der Waals surface area contributed by atoms with Gasteiger partial charge in [0.2, 0.25) is 0 Å². The molecule has 4 aromatic heterocycles. The summed E-state index contributed by atoms with van der Waals surface area (Å²) in [6, 6.07) is 14.1. The second-order valence-electron chi connectivity index (χ2n) is 7.51. The number of hydrogen-bond acceptors (Lipinski definition) is 6. The van der Waals surface area contributed by atoms with E-state index in [1.54, 1.807) is 42.8 Å². The van der Waals surface area contributed by atoms with Gasteiger partial charge in [0, 0.05) is 16.7 Å². The second-order valence-corrected chi connectivity index (χ2v) is 8.42. The Kier molecular flexibility index (Phi) is 5.18. The summed E-state index contributed by atoms with van der Waals surface area (Å²) in [6.07, 6.45) is 5.01. The Morgan fingerprint density at radius 1 is 1.12 bits per heavy atom. The predicted octanol–water partition coefficient (Wildman–Crippen LogP) is 6.89. The number of fused-ring (bicyclic) bond motifs is 1. The van der Waals surface area contributed by atoms with Crippen molar-refractivity contribution >= 4 is 39.3 Å². The van der Waals surface area contributed by atoms with Crippen molar-refractivity contribution in [1.29, 1.82) is 0 Å². The van der Waals surface area contributed by atoms with Crippen LogP contribution in [0.3, 0.4) is 0 Å². The zero-order chi connectivity index (χ0) is 23.1. The Balaban J connectivity index is 1.57. The SMILES string of the molecule is Cc1cc(-c2ccc(C=Nc3c(-c4ccco4)nc4ccc(Br)cn34)o2)c([N+](=O)[O-])cc1C. The number of pyridine rings is 1. The normalized spacial score (nSPS) is 11.6. The number of nitro groups is 1. The highest BCUT2D eigenvalue weighted by molar-refractivity contribution is 9.10. The van der Waals surface area contributed by atoms with Crippen molar-refractivity contribution in [2.45, 2.75) is 13.8 Å². The van der Waals surface area contributed by atoms with Crippen LogP contribution in [0.25, 0.3) is 28.4 Å². The number of imidazole rings is 1. The molecule has 164 valence electrons. The van der Waals surface area contributed by atoms with E-state index >= 15 is 0 Å². The summed E-state index contributed by atoms with van der Waals surface area (Å²) in [4.78, 5) is 20.4. The van der Waals surface area contributed by atoms with E-state index in [0.29, 0.717) is 40.0 Å². The summed E-state index contributed by atoms with van der Waals surface area (Å²) >= 11 is 3.48. The topological polar surface area (TPSA) is 99.1 Å². The molecule has 5 rings (SSSR count). The fourth-order valence-electron chi connectivity index (χ4n) is 3.55. The number of aryl methyl sites for hydroxylation is 2. The smallest absolute Gasteiger partial charge is 0.280 e. The lowest BCUT2D eigenvalue weighted by molar-refractivity contribution is -0.384. The third-order valence-electron chi connectivity index (χ3n) is 5.33. The molecule has 0 radical (unpaired) electrons. The second kappa shape index (κ2) is 8.18. The fourth-order valence-corrected chi connectivity index (χ4v) is 3.89. The summed E-state index contributed by atoms with van der Waals surface area (Å²) in [6.45, 7) is 3.75. The molecule has 0 aliphatic rings. The molecule has 0 saturated heterocycles. The molecule has 0 atom stereocenters. The van der Waals surface area contributed by atoms with Gasteiger partial charge in [0.05, 0.1) is 23.0 Å². The summed E-state index contributed by atoms with van der Waals surface area (Å²) < 4.78 is 14.2. The van der Waals surface area contributed by atoms with Crippen LogP contribution in [0, 0.1) is 24.0 Å². The molecule has 0 aliphatic carbocycles. The maximum atomic E-state index is 11.6. The number of nitro benzene ring substituents is 1. The number of aromatic nitrogens is 2. The van der Waals surface area contributed by atoms with E-state index in [2.05, 4.69) is 25.9 Å². The van der Waals surface area contributed by atoms with Crippen molar-refractivity contribution in [2.75, 3.05) is 0 Å². The van der Waals surface area contributed by atoms with Gasteiger partial charge in [-0.25, -0.2) is 9.98 Å². The van der Waals surface area contributed by atoms with Crippen LogP contribution in [0.5, 0.6) is 0 Å². The average Bonchev–Trinajstić information content (AvgIpc) is 3.53. The zero-order valence-corrected chi connectivity index (χ0v) is 19.2. The monoisotopic (exact) mass is 504 g/mol. The molecule has 9 heteroatoms. The first-order chi connectivity index (χ1) is 15.9. The van der Waals surface area contributed by atoms with Gasteiger partial charge in [-0.2, -0.15) is 0 Å². The minimum absolute atomic E-state index is 0.00248. The Bertz CT molecular complexity index is 1530. The Morgan fingerprint density at radius 3 is 2.70 bits per heavy atom. The van der Waals surface area contributed by atoms with Crippen LogP contribution in [0.2, 0.25) is 0 Å². The van der Waals surface area contributed by atoms with Crippen LogP contribution in [0.15, 0.2) is 79.3 Å². The van der Waals surface area contributed by atoms with Gasteiger partial charge in [-0.1, -0.05) is 0 Å². The van der Waals surface area contributed by atoms with Gasteiger partial charge in [-0.15, -0.1) is 0 Å². The predicted molar refractivity (Wildman–Crippen MR) is 128 cm³/mol. The molecule has 1 aromatic carbocycles. The number of rotatable bonds is 5. The summed E-state index contributed by atoms with van der Waals surface area (Å²) in [5.41, 5.74) is 3.53. The molecule has 0 amide bonds. The molecule has 5 aromatic rings. The van der Waals surface area contributed by atoms with Crippen LogP contribution in [-0.4, -0.2) is 20.5 Å². The van der Waals surface area contributed by atoms with Crippen LogP contribution < -0.4 is 0 Å². The van der Waals surface area contributed by atoms with Gasteiger partial charge < -0.3 is 8.83 Å². The van der Waals surface area contributed by atoms with Crippen molar-refractivity contribution in [1.82, 2.24) is 9.38 Å². The van der Waals surface area contributed by atoms with E-state index < -0.39 is 4.92 Å². The van der Waals surface area contributed by atoms with Gasteiger partial charge in [-0.3, -0.25) is 14.5 Å². The fraction of sp³-hybridized carbons (Fsp3) is 0.0833. The molecule has 0 bridgehead atoms. The number of aliphatic imine (C=N–C) groups is 1. The van der Waals surface area contributed by atoms with E-state index in [-0.39, 0.29) is 5.69 Å². The zero-order valence-electron chi connectivity index (χ0n) is 17.7. The van der Waals surface area contributed by atoms with Gasteiger partial charge >= 0.3 is 0 Å². The molecule has 0 saturated carbocycles. The van der Waals surface area contributed by atoms with E-state index in [4.69, 9.17) is 8.83 Å². The first-order valence-electron chi connectivity index (χ1n) is 10.0. The highest BCUT2D eigenvalue weighted by Gasteiger charge is 2.20. The van der Waals surface area contributed by atoms with E-state index in [1.165, 1.54) is 0 Å². The molecular formula is C24H17BrN4O4. The molecule has 8 nitrogen and oxygen atoms in total. The maximum absolute atomic E-state index is 11.6. The first-order valence-corrected chi connectivity index (χ1v) is 10.8. The van der Waals surface area contributed by atoms with Crippen molar-refractivity contribution in [3.8, 4) is 22.8 Å². The lowest BCUT2D eigenvalue weighted by atomic mass is 10.0. The molecule has 0 fully saturated rings. The lowest BCUT2D eigenvalue weighted by Crippen LogP contribution is -1.94. The maximum Gasteiger partial charge on any atom is 0.280 e. The molecule has 0 N–H and O–H groups in total. The standard InChI is InChI=1S/C24H17BrN4O4/c1-14-10-18(19(29(30)31)11-15(14)2)20-7-6-17(33-20)12-26-24-23(21-4-3-9-32-21)27-22-8-5-16(25)13-28(22)24/h3-13H,1-2H3. The summed E-state index contributed by atoms with van der Waals surface area (Å²) in [5.74, 6) is 2.01. The van der Waals surface area contributed by atoms with Crippen molar-refractivity contribution in [3.63, 3.8) is 0 Å². The van der Waals surface area contributed by atoms with Crippen molar-refractivity contribution in [3.05, 3.63) is 92.5 Å². The quantitative estimate of drug-likeness (QED) is 0.147. The Hall–Kier alpha value is -3.98. The van der Waals surface area contributed by atoms with Gasteiger partial charge in [0.1, 0.15) is 17.2 Å². The number of halogens is 1. The number of hydrogen-bond donors (Lipinski definition) is 0. The average molecular weight is 505 g/mol. The third-order valence-corrected chi connectivity index (χ3v) is 5.80. The molecule has 0 aliphatic heterocycles. The number of nitrogens with zero attached hydrogens (tertiary/aromatic N) is 4. The first kappa shape index (κ1) is 20.9. The summed E-state index contributed by atoms with van der Waals surface area (Å²) in [7, 11) is 0. The minimum atomic E-state index is -0.399. The van der Waals surface area contributed by atoms with E-state index in [0.717, 1.165) is 15.6 Å². The van der Waals surface area contributed by atoms with Gasteiger partial charge in [-0.05, 0) is 83.4 Å². The van der Waals surface area contributed by atoms with Crippen LogP contribution >= 0.6 is 15.9 Å². The number of furan rings is 2. The van der Waals surface area contributed by atoms with Gasteiger partial charge in [0.25, 0.3) is 5.69 Å². The van der Waals surface area contributed by atoms with Crippen LogP contribution in [0.1, 0.15) is 16.9 Å². The molecular weight excluding hydrogens is 488 g/mol. The molecule has 4 heterocycles. The minimum Gasteiger partial charge on any atom is -0.463 e. The number of benzene rings is 1. The molecule has 33 heavy (non-hydrogen) atoms. The van der Waals surface area contributed by atoms with Crippen LogP contribution in [-0.2, 0) is 0 Å². The van der Waals surface area contributed by atoms with E-state index in [1.807, 2.05) is 42.6 Å². The highest BCUT2D eigenvalue weighted by atomic mass is 79.9. The van der Waals surface area contributed by atoms with Gasteiger partial charge in [0.15, 0.2) is 17.3 Å². The largest absolute Gasteiger partial charge is 0.463 e. The van der Waals surface area contributed by atoms with E-state index in [9.17, 15) is 10.1 Å². The molecule has 0 unspecified atom stereocenters. The Labute approximate surface area is 196 Å².